The molecule has 2 aromatic rings. The predicted molar refractivity (Wildman–Crippen MR) is 88.9 cm³/mol. The second kappa shape index (κ2) is 6.76. The lowest BCUT2D eigenvalue weighted by molar-refractivity contribution is 0.414. The van der Waals surface area contributed by atoms with Crippen molar-refractivity contribution in [3.63, 3.8) is 0 Å². The predicted octanol–water partition coefficient (Wildman–Crippen LogP) is 3.34. The van der Waals surface area contributed by atoms with Gasteiger partial charge >= 0.3 is 0 Å². The van der Waals surface area contributed by atoms with Gasteiger partial charge in [0.2, 0.25) is 0 Å². The van der Waals surface area contributed by atoms with Crippen LogP contribution < -0.4 is 10.5 Å². The largest absolute Gasteiger partial charge is 0.497 e. The van der Waals surface area contributed by atoms with Crippen LogP contribution in [0.5, 0.6) is 5.75 Å². The fourth-order valence-corrected chi connectivity index (χ4v) is 3.64. The molecule has 0 saturated heterocycles. The average Bonchev–Trinajstić information content (AvgIpc) is 2.36. The molecule has 0 amide bonds. The van der Waals surface area contributed by atoms with E-state index in [-0.39, 0.29) is 0 Å². The van der Waals surface area contributed by atoms with Gasteiger partial charge in [-0.15, -0.1) is 0 Å². The molecule has 0 aromatic heterocycles. The monoisotopic (exact) mass is 303 g/mol. The summed E-state index contributed by atoms with van der Waals surface area (Å²) < 4.78 is 17.5. The fraction of sp³-hybridized carbons (Fsp3) is 0.294. The maximum absolute atomic E-state index is 12.3. The van der Waals surface area contributed by atoms with Gasteiger partial charge in [0.1, 0.15) is 5.75 Å². The van der Waals surface area contributed by atoms with Crippen molar-refractivity contribution in [2.75, 3.05) is 12.8 Å². The lowest BCUT2D eigenvalue weighted by atomic mass is 10.1. The van der Waals surface area contributed by atoms with Crippen molar-refractivity contribution in [1.82, 2.24) is 0 Å². The summed E-state index contributed by atoms with van der Waals surface area (Å²) in [4.78, 5) is 0. The summed E-state index contributed by atoms with van der Waals surface area (Å²) in [6.45, 7) is 4.12. The molecule has 0 aliphatic heterocycles. The zero-order valence-electron chi connectivity index (χ0n) is 12.7. The van der Waals surface area contributed by atoms with Gasteiger partial charge in [0.05, 0.1) is 7.11 Å². The molecule has 0 aliphatic rings. The quantitative estimate of drug-likeness (QED) is 0.862. The summed E-state index contributed by atoms with van der Waals surface area (Å²) in [6.07, 6.45) is 0. The number of anilines is 1. The number of nitrogens with two attached hydrogens (primary N) is 1. The molecular weight excluding hydrogens is 282 g/mol. The van der Waals surface area contributed by atoms with E-state index in [2.05, 4.69) is 32.0 Å². The molecule has 3 nitrogen and oxygen atoms in total. The number of ether oxygens (including phenoxy) is 1. The van der Waals surface area contributed by atoms with Crippen molar-refractivity contribution in [3.8, 4) is 5.75 Å². The summed E-state index contributed by atoms with van der Waals surface area (Å²) in [5, 5.41) is 0. The van der Waals surface area contributed by atoms with Crippen molar-refractivity contribution in [3.05, 3.63) is 58.7 Å². The van der Waals surface area contributed by atoms with E-state index >= 15 is 0 Å². The van der Waals surface area contributed by atoms with Gasteiger partial charge in [-0.3, -0.25) is 4.21 Å². The van der Waals surface area contributed by atoms with E-state index in [9.17, 15) is 4.21 Å². The highest BCUT2D eigenvalue weighted by atomic mass is 32.2. The number of nitrogen functional groups attached to an aromatic ring is 1. The first-order valence-corrected chi connectivity index (χ1v) is 8.30. The molecule has 2 rings (SSSR count). The van der Waals surface area contributed by atoms with Gasteiger partial charge in [0, 0.05) is 34.1 Å². The third-order valence-electron chi connectivity index (χ3n) is 3.16. The lowest BCUT2D eigenvalue weighted by Crippen LogP contribution is -2.01. The molecule has 0 radical (unpaired) electrons. The van der Waals surface area contributed by atoms with Crippen LogP contribution in [0.3, 0.4) is 0 Å². The Balaban J connectivity index is 2.09. The minimum absolute atomic E-state index is 0.481. The van der Waals surface area contributed by atoms with Crippen molar-refractivity contribution in [1.29, 1.82) is 0 Å². The first kappa shape index (κ1) is 15.6. The summed E-state index contributed by atoms with van der Waals surface area (Å²) in [5.41, 5.74) is 10.9. The second-order valence-corrected chi connectivity index (χ2v) is 6.80. The van der Waals surface area contributed by atoms with E-state index in [0.717, 1.165) is 11.1 Å². The van der Waals surface area contributed by atoms with Gasteiger partial charge in [0.15, 0.2) is 0 Å². The van der Waals surface area contributed by atoms with Gasteiger partial charge in [-0.1, -0.05) is 29.3 Å². The van der Waals surface area contributed by atoms with Gasteiger partial charge in [0.25, 0.3) is 0 Å². The zero-order valence-corrected chi connectivity index (χ0v) is 13.5. The van der Waals surface area contributed by atoms with Crippen LogP contribution in [0.2, 0.25) is 0 Å². The molecule has 112 valence electrons. The van der Waals surface area contributed by atoms with E-state index in [1.807, 2.05) is 12.1 Å². The highest BCUT2D eigenvalue weighted by molar-refractivity contribution is 7.83. The molecule has 0 fully saturated rings. The average molecular weight is 303 g/mol. The molecule has 0 spiro atoms. The molecular formula is C17H21NO2S. The highest BCUT2D eigenvalue weighted by Gasteiger charge is 2.07. The number of benzene rings is 2. The molecule has 0 saturated carbocycles. The number of aryl methyl sites for hydroxylation is 2. The lowest BCUT2D eigenvalue weighted by Gasteiger charge is -2.08. The van der Waals surface area contributed by atoms with E-state index in [1.165, 1.54) is 11.1 Å². The van der Waals surface area contributed by atoms with Crippen LogP contribution in [0.4, 0.5) is 5.69 Å². The van der Waals surface area contributed by atoms with Crippen LogP contribution in [-0.4, -0.2) is 11.3 Å². The molecule has 0 heterocycles. The maximum Gasteiger partial charge on any atom is 0.121 e. The maximum atomic E-state index is 12.3. The molecule has 21 heavy (non-hydrogen) atoms. The van der Waals surface area contributed by atoms with Crippen molar-refractivity contribution in [2.24, 2.45) is 0 Å². The van der Waals surface area contributed by atoms with Crippen LogP contribution in [0.15, 0.2) is 36.4 Å². The minimum Gasteiger partial charge on any atom is -0.497 e. The summed E-state index contributed by atoms with van der Waals surface area (Å²) >= 11 is 0. The Labute approximate surface area is 128 Å². The van der Waals surface area contributed by atoms with E-state index in [4.69, 9.17) is 10.5 Å². The van der Waals surface area contributed by atoms with E-state index in [0.29, 0.717) is 22.9 Å². The number of hydrogen-bond acceptors (Lipinski definition) is 3. The van der Waals surface area contributed by atoms with Crippen LogP contribution >= 0.6 is 0 Å². The standard InChI is InChI=1S/C17H21NO2S/c1-12-4-13(2)6-14(5-12)10-21(19)11-15-7-16(18)9-17(8-15)20-3/h4-9H,10-11,18H2,1-3H3. The third kappa shape index (κ3) is 4.60. The Bertz CT molecular complexity index is 648. The Kier molecular flexibility index (Phi) is 5.02. The van der Waals surface area contributed by atoms with Crippen LogP contribution in [0.25, 0.3) is 0 Å². The Morgan fingerprint density at radius 1 is 0.952 bits per heavy atom. The Morgan fingerprint density at radius 2 is 1.52 bits per heavy atom. The molecule has 1 atom stereocenters. The van der Waals surface area contributed by atoms with E-state index < -0.39 is 10.8 Å². The number of hydrogen-bond donors (Lipinski definition) is 1. The Morgan fingerprint density at radius 3 is 2.10 bits per heavy atom. The second-order valence-electron chi connectivity index (χ2n) is 5.34. The van der Waals surface area contributed by atoms with Crippen LogP contribution in [-0.2, 0) is 22.3 Å². The fourth-order valence-electron chi connectivity index (χ4n) is 2.46. The molecule has 0 bridgehead atoms. The number of methoxy groups -OCH3 is 1. The molecule has 1 unspecified atom stereocenters. The van der Waals surface area contributed by atoms with Gasteiger partial charge in [-0.25, -0.2) is 0 Å². The third-order valence-corrected chi connectivity index (χ3v) is 4.47. The first-order chi connectivity index (χ1) is 9.96. The smallest absolute Gasteiger partial charge is 0.121 e. The Hall–Kier alpha value is -1.81. The zero-order chi connectivity index (χ0) is 15.4. The normalized spacial score (nSPS) is 12.1. The summed E-state index contributed by atoms with van der Waals surface area (Å²) in [5.74, 6) is 1.74. The molecule has 4 heteroatoms. The molecule has 2 N–H and O–H groups in total. The van der Waals surface area contributed by atoms with E-state index in [1.54, 1.807) is 13.2 Å². The summed E-state index contributed by atoms with van der Waals surface area (Å²) in [6, 6.07) is 11.8. The summed E-state index contributed by atoms with van der Waals surface area (Å²) in [7, 11) is 0.634. The van der Waals surface area contributed by atoms with Crippen molar-refractivity contribution in [2.45, 2.75) is 25.4 Å². The minimum atomic E-state index is -0.968. The first-order valence-electron chi connectivity index (χ1n) is 6.82. The highest BCUT2D eigenvalue weighted by Crippen LogP contribution is 2.20. The topological polar surface area (TPSA) is 52.3 Å². The number of rotatable bonds is 5. The van der Waals surface area contributed by atoms with Crippen molar-refractivity contribution < 1.29 is 8.95 Å². The van der Waals surface area contributed by atoms with Gasteiger partial charge in [-0.05, 0) is 37.1 Å². The van der Waals surface area contributed by atoms with Crippen LogP contribution in [0, 0.1) is 13.8 Å². The van der Waals surface area contributed by atoms with Gasteiger partial charge in [-0.2, -0.15) is 0 Å². The van der Waals surface area contributed by atoms with Gasteiger partial charge < -0.3 is 10.5 Å². The van der Waals surface area contributed by atoms with Crippen LogP contribution in [0.1, 0.15) is 22.3 Å². The SMILES string of the molecule is COc1cc(N)cc(CS(=O)Cc2cc(C)cc(C)c2)c1. The van der Waals surface area contributed by atoms with Crippen molar-refractivity contribution >= 4 is 16.5 Å². The molecule has 2 aromatic carbocycles. The molecule has 0 aliphatic carbocycles.